The van der Waals surface area contributed by atoms with Gasteiger partial charge in [-0.1, -0.05) is 0 Å². The van der Waals surface area contributed by atoms with Gasteiger partial charge in [-0.3, -0.25) is 0 Å². The number of rotatable bonds is 6. The molecule has 0 aliphatic heterocycles. The fraction of sp³-hybridized carbons (Fsp3) is 0.0909. The number of aromatic nitrogens is 2. The second-order valence-corrected chi connectivity index (χ2v) is 8.55. The molecule has 0 atom stereocenters. The topological polar surface area (TPSA) is 76.2 Å². The van der Waals surface area contributed by atoms with E-state index in [0.29, 0.717) is 22.7 Å². The molecule has 2 N–H and O–H groups in total. The molecule has 7 heteroatoms. The van der Waals surface area contributed by atoms with Gasteiger partial charge in [0.25, 0.3) is 0 Å². The molecule has 0 fully saturated rings. The van der Waals surface area contributed by atoms with Crippen LogP contribution < -0.4 is 23.7 Å². The molecule has 4 aromatic rings. The van der Waals surface area contributed by atoms with Crippen LogP contribution in [-0.4, -0.2) is 45.1 Å². The zero-order valence-corrected chi connectivity index (χ0v) is 17.6. The minimum absolute atomic E-state index is 0.0565. The van der Waals surface area contributed by atoms with Gasteiger partial charge in [-0.2, -0.15) is 0 Å². The number of nitrogens with one attached hydrogen (secondary N) is 2. The molecule has 0 saturated heterocycles. The average molecular weight is 452 g/mol. The van der Waals surface area contributed by atoms with E-state index in [1.54, 1.807) is 38.6 Å². The molecule has 6 nitrogen and oxygen atoms in total. The van der Waals surface area contributed by atoms with Gasteiger partial charge >= 0.3 is 174 Å². The summed E-state index contributed by atoms with van der Waals surface area (Å²) in [6.45, 7) is 0. The van der Waals surface area contributed by atoms with E-state index in [0.717, 1.165) is 15.5 Å². The van der Waals surface area contributed by atoms with Gasteiger partial charge in [0.05, 0.1) is 0 Å². The summed E-state index contributed by atoms with van der Waals surface area (Å²) in [5, 5.41) is 4.03. The van der Waals surface area contributed by atoms with Gasteiger partial charge in [0, 0.05) is 0 Å². The molecule has 0 spiro atoms. The van der Waals surface area contributed by atoms with Crippen LogP contribution >= 0.6 is 0 Å². The molecule has 29 heavy (non-hydrogen) atoms. The van der Waals surface area contributed by atoms with Gasteiger partial charge in [-0.05, 0) is 0 Å². The molecule has 2 aromatic carbocycles. The van der Waals surface area contributed by atoms with E-state index in [2.05, 4.69) is 21.4 Å². The number of amides is 1. The predicted molar refractivity (Wildman–Crippen MR) is 115 cm³/mol. The number of hydrogen-bond acceptors (Lipinski definition) is 4. The Morgan fingerprint density at radius 1 is 1.03 bits per heavy atom. The van der Waals surface area contributed by atoms with Crippen molar-refractivity contribution >= 4 is 46.5 Å². The van der Waals surface area contributed by atoms with Gasteiger partial charge < -0.3 is 0 Å². The van der Waals surface area contributed by atoms with E-state index in [1.165, 1.54) is 4.46 Å². The molecule has 0 radical (unpaired) electrons. The van der Waals surface area contributed by atoms with Crippen molar-refractivity contribution in [3.63, 3.8) is 0 Å². The Kier molecular flexibility index (Phi) is 5.51. The molecule has 1 amide bonds. The van der Waals surface area contributed by atoms with Gasteiger partial charge in [0.1, 0.15) is 0 Å². The minimum atomic E-state index is -0.171. The molecular formula is C22H19N3O3Se. The first-order valence-corrected chi connectivity index (χ1v) is 10.6. The van der Waals surface area contributed by atoms with Crippen molar-refractivity contribution < 1.29 is 14.3 Å². The number of hydrogen-bond donors (Lipinski definition) is 2. The zero-order valence-electron chi connectivity index (χ0n) is 15.9. The molecule has 0 unspecified atom stereocenters. The quantitative estimate of drug-likeness (QED) is 0.441. The first-order valence-electron chi connectivity index (χ1n) is 8.91. The number of ether oxygens (including phenoxy) is 2. The summed E-state index contributed by atoms with van der Waals surface area (Å²) >= 11 is 0.0565. The number of pyridine rings is 1. The van der Waals surface area contributed by atoms with Crippen LogP contribution in [0.15, 0.2) is 67.0 Å². The summed E-state index contributed by atoms with van der Waals surface area (Å²) in [4.78, 5) is 20.3. The third-order valence-electron chi connectivity index (χ3n) is 4.38. The van der Waals surface area contributed by atoms with Crippen LogP contribution in [0, 0.1) is 0 Å². The predicted octanol–water partition coefficient (Wildman–Crippen LogP) is 2.49. The summed E-state index contributed by atoms with van der Waals surface area (Å²) in [5.74, 6) is 1.01. The molecule has 4 rings (SSSR count). The molecule has 0 aliphatic carbocycles. The van der Waals surface area contributed by atoms with E-state index in [9.17, 15) is 4.79 Å². The van der Waals surface area contributed by atoms with Crippen molar-refractivity contribution in [1.82, 2.24) is 9.97 Å². The second kappa shape index (κ2) is 8.39. The fourth-order valence-corrected chi connectivity index (χ4v) is 5.01. The molecule has 0 bridgehead atoms. The molecular weight excluding hydrogens is 433 g/mol. The molecule has 146 valence electrons. The maximum absolute atomic E-state index is 12.7. The SMILES string of the molecule is COc1ccc(NC(=O)c2cccc([Se]c3c[nH]c4ncccc34)c2)cc1OC. The van der Waals surface area contributed by atoms with Crippen molar-refractivity contribution in [2.45, 2.75) is 0 Å². The molecule has 0 saturated carbocycles. The van der Waals surface area contributed by atoms with Crippen molar-refractivity contribution in [2.24, 2.45) is 0 Å². The monoisotopic (exact) mass is 453 g/mol. The second-order valence-electron chi connectivity index (χ2n) is 6.21. The summed E-state index contributed by atoms with van der Waals surface area (Å²) in [7, 11) is 3.14. The Labute approximate surface area is 174 Å². The van der Waals surface area contributed by atoms with Crippen LogP contribution in [-0.2, 0) is 0 Å². The number of anilines is 1. The number of H-pyrrole nitrogens is 1. The van der Waals surface area contributed by atoms with Crippen molar-refractivity contribution in [1.29, 1.82) is 0 Å². The summed E-state index contributed by atoms with van der Waals surface area (Å²) in [6, 6.07) is 17.0. The molecule has 2 aromatic heterocycles. The van der Waals surface area contributed by atoms with Crippen LogP contribution in [0.2, 0.25) is 0 Å². The average Bonchev–Trinajstić information content (AvgIpc) is 3.16. The molecule has 2 heterocycles. The summed E-state index contributed by atoms with van der Waals surface area (Å²) in [6.07, 6.45) is 3.77. The van der Waals surface area contributed by atoms with Gasteiger partial charge in [0.2, 0.25) is 0 Å². The number of benzene rings is 2. The fourth-order valence-electron chi connectivity index (χ4n) is 2.96. The number of carbonyl (C=O) groups is 1. The zero-order chi connectivity index (χ0) is 20.2. The standard InChI is InChI=1S/C22H19N3O3Se/c1-27-18-9-8-15(12-19(18)28-2)25-22(26)14-5-3-6-16(11-14)29-20-13-24-21-17(20)7-4-10-23-21/h3-13H,1-2H3,(H,23,24)(H,25,26). The number of carbonyl (C=O) groups excluding carboxylic acids is 1. The maximum atomic E-state index is 12.7. The Hall–Kier alpha value is -3.28. The first-order chi connectivity index (χ1) is 14.2. The Bertz CT molecular complexity index is 1170. The Morgan fingerprint density at radius 2 is 1.90 bits per heavy atom. The van der Waals surface area contributed by atoms with E-state index < -0.39 is 0 Å². The summed E-state index contributed by atoms with van der Waals surface area (Å²) < 4.78 is 12.8. The van der Waals surface area contributed by atoms with Crippen LogP contribution in [0.4, 0.5) is 5.69 Å². The van der Waals surface area contributed by atoms with E-state index in [4.69, 9.17) is 9.47 Å². The van der Waals surface area contributed by atoms with Gasteiger partial charge in [-0.15, -0.1) is 0 Å². The third kappa shape index (κ3) is 4.11. The van der Waals surface area contributed by atoms with Gasteiger partial charge in [0.15, 0.2) is 0 Å². The van der Waals surface area contributed by atoms with Crippen LogP contribution in [0.5, 0.6) is 11.5 Å². The van der Waals surface area contributed by atoms with Crippen LogP contribution in [0.25, 0.3) is 11.0 Å². The number of fused-ring (bicyclic) bond motifs is 1. The van der Waals surface area contributed by atoms with Crippen molar-refractivity contribution in [3.8, 4) is 11.5 Å². The third-order valence-corrected chi connectivity index (χ3v) is 6.58. The number of aromatic amines is 1. The normalized spacial score (nSPS) is 10.7. The molecule has 0 aliphatic rings. The number of nitrogens with zero attached hydrogens (tertiary/aromatic N) is 1. The Morgan fingerprint density at radius 3 is 2.72 bits per heavy atom. The Balaban J connectivity index is 1.53. The number of methoxy groups -OCH3 is 2. The first kappa shape index (κ1) is 19.1. The van der Waals surface area contributed by atoms with E-state index in [1.807, 2.05) is 36.5 Å². The summed E-state index contributed by atoms with van der Waals surface area (Å²) in [5.41, 5.74) is 2.13. The van der Waals surface area contributed by atoms with Gasteiger partial charge in [-0.25, -0.2) is 0 Å². The van der Waals surface area contributed by atoms with E-state index >= 15 is 0 Å². The van der Waals surface area contributed by atoms with Crippen LogP contribution in [0.3, 0.4) is 0 Å². The van der Waals surface area contributed by atoms with Crippen molar-refractivity contribution in [3.05, 3.63) is 72.6 Å². The van der Waals surface area contributed by atoms with Crippen molar-refractivity contribution in [2.75, 3.05) is 19.5 Å². The van der Waals surface area contributed by atoms with E-state index in [-0.39, 0.29) is 20.9 Å². The van der Waals surface area contributed by atoms with Crippen LogP contribution in [0.1, 0.15) is 10.4 Å².